The first-order chi connectivity index (χ1) is 10.2. The maximum Gasteiger partial charge on any atom is 0.0792 e. The molecule has 2 atom stereocenters. The first-order valence-corrected chi connectivity index (χ1v) is 8.88. The Morgan fingerprint density at radius 1 is 1.19 bits per heavy atom. The van der Waals surface area contributed by atoms with Crippen LogP contribution in [0.4, 0.5) is 0 Å². The lowest BCUT2D eigenvalue weighted by molar-refractivity contribution is 0.00321. The van der Waals surface area contributed by atoms with Crippen molar-refractivity contribution in [3.8, 4) is 0 Å². The van der Waals surface area contributed by atoms with Gasteiger partial charge in [0, 0.05) is 11.3 Å². The van der Waals surface area contributed by atoms with Crippen molar-refractivity contribution < 1.29 is 4.74 Å². The summed E-state index contributed by atoms with van der Waals surface area (Å²) in [6, 6.07) is 9.06. The van der Waals surface area contributed by atoms with Crippen molar-refractivity contribution in [1.29, 1.82) is 0 Å². The van der Waals surface area contributed by atoms with Gasteiger partial charge in [-0.1, -0.05) is 39.0 Å². The third-order valence-electron chi connectivity index (χ3n) is 3.80. The molecule has 0 aliphatic carbocycles. The zero-order valence-corrected chi connectivity index (χ0v) is 14.4. The maximum atomic E-state index is 6.08. The van der Waals surface area contributed by atoms with Gasteiger partial charge in [0.25, 0.3) is 0 Å². The first kappa shape index (κ1) is 16.5. The van der Waals surface area contributed by atoms with E-state index in [0.29, 0.717) is 5.92 Å². The Kier molecular flexibility index (Phi) is 6.22. The first-order valence-electron chi connectivity index (χ1n) is 8.00. The Hall–Kier alpha value is -0.900. The highest BCUT2D eigenvalue weighted by Crippen LogP contribution is 2.33. The van der Waals surface area contributed by atoms with Crippen molar-refractivity contribution in [2.75, 3.05) is 13.2 Å². The van der Waals surface area contributed by atoms with Crippen LogP contribution in [-0.2, 0) is 4.74 Å². The van der Waals surface area contributed by atoms with Crippen molar-refractivity contribution in [1.82, 2.24) is 5.32 Å². The number of thiophene rings is 1. The van der Waals surface area contributed by atoms with E-state index >= 15 is 0 Å². The average Bonchev–Trinajstić information content (AvgIpc) is 2.95. The summed E-state index contributed by atoms with van der Waals surface area (Å²) in [5.74, 6) is 0.481. The molecule has 2 aromatic rings. The van der Waals surface area contributed by atoms with Gasteiger partial charge in [0.2, 0.25) is 0 Å². The van der Waals surface area contributed by atoms with E-state index in [1.807, 2.05) is 11.3 Å². The van der Waals surface area contributed by atoms with Gasteiger partial charge in [-0.3, -0.25) is 0 Å². The minimum Gasteiger partial charge on any atom is -0.376 e. The molecule has 3 heteroatoms. The monoisotopic (exact) mass is 305 g/mol. The zero-order chi connectivity index (χ0) is 15.2. The van der Waals surface area contributed by atoms with Crippen LogP contribution in [0.1, 0.15) is 45.7 Å². The van der Waals surface area contributed by atoms with Crippen LogP contribution in [0.3, 0.4) is 0 Å². The van der Waals surface area contributed by atoms with Crippen LogP contribution in [0.5, 0.6) is 0 Å². The van der Waals surface area contributed by atoms with Gasteiger partial charge in [0.15, 0.2) is 0 Å². The minimum atomic E-state index is 0.203. The van der Waals surface area contributed by atoms with Gasteiger partial charge in [-0.05, 0) is 48.2 Å². The molecule has 0 aliphatic rings. The van der Waals surface area contributed by atoms with Crippen molar-refractivity contribution >= 4 is 21.4 Å². The molecule has 0 saturated carbocycles. The third-order valence-corrected chi connectivity index (χ3v) is 4.78. The van der Waals surface area contributed by atoms with E-state index in [9.17, 15) is 0 Å². The summed E-state index contributed by atoms with van der Waals surface area (Å²) in [6.45, 7) is 10.6. The van der Waals surface area contributed by atoms with E-state index in [1.54, 1.807) is 0 Å². The van der Waals surface area contributed by atoms with Gasteiger partial charge in [-0.2, -0.15) is 0 Å². The highest BCUT2D eigenvalue weighted by Gasteiger charge is 2.27. The normalized spacial score (nSPS) is 14.7. The van der Waals surface area contributed by atoms with E-state index in [0.717, 1.165) is 19.6 Å². The molecule has 0 bridgehead atoms. The SMILES string of the molecule is CCCNC(c1cccc2ccsc12)C(OCC)C(C)C. The molecule has 2 rings (SSSR count). The second-order valence-electron chi connectivity index (χ2n) is 5.78. The number of hydrogen-bond acceptors (Lipinski definition) is 3. The summed E-state index contributed by atoms with van der Waals surface area (Å²) in [5, 5.41) is 7.23. The average molecular weight is 305 g/mol. The van der Waals surface area contributed by atoms with Crippen LogP contribution >= 0.6 is 11.3 Å². The van der Waals surface area contributed by atoms with Crippen LogP contribution in [0.15, 0.2) is 29.6 Å². The minimum absolute atomic E-state index is 0.203. The Balaban J connectivity index is 2.40. The fourth-order valence-electron chi connectivity index (χ4n) is 2.83. The molecule has 1 N–H and O–H groups in total. The lowest BCUT2D eigenvalue weighted by Gasteiger charge is -2.31. The van der Waals surface area contributed by atoms with Crippen LogP contribution in [0.25, 0.3) is 10.1 Å². The van der Waals surface area contributed by atoms with Gasteiger partial charge >= 0.3 is 0 Å². The predicted molar refractivity (Wildman–Crippen MR) is 93.1 cm³/mol. The Morgan fingerprint density at radius 3 is 2.67 bits per heavy atom. The molecule has 116 valence electrons. The molecule has 2 unspecified atom stereocenters. The van der Waals surface area contributed by atoms with Crippen LogP contribution in [0.2, 0.25) is 0 Å². The molecular formula is C18H27NOS. The summed E-state index contributed by atoms with van der Waals surface area (Å²) in [7, 11) is 0. The quantitative estimate of drug-likeness (QED) is 0.740. The highest BCUT2D eigenvalue weighted by atomic mass is 32.1. The number of benzene rings is 1. The molecule has 0 spiro atoms. The molecule has 0 radical (unpaired) electrons. The van der Waals surface area contributed by atoms with Crippen LogP contribution in [0, 0.1) is 5.92 Å². The van der Waals surface area contributed by atoms with Crippen molar-refractivity contribution in [3.63, 3.8) is 0 Å². The standard InChI is InChI=1S/C18H27NOS/c1-5-11-19-16(17(13(3)4)20-6-2)15-9-7-8-14-10-12-21-18(14)15/h7-10,12-13,16-17,19H,5-6,11H2,1-4H3. The Bertz CT molecular complexity index is 549. The largest absolute Gasteiger partial charge is 0.376 e. The second kappa shape index (κ2) is 7.92. The second-order valence-corrected chi connectivity index (χ2v) is 6.70. The molecule has 1 aromatic carbocycles. The Morgan fingerprint density at radius 2 is 2.00 bits per heavy atom. The van der Waals surface area contributed by atoms with E-state index in [2.05, 4.69) is 62.7 Å². The smallest absolute Gasteiger partial charge is 0.0792 e. The van der Waals surface area contributed by atoms with Gasteiger partial charge in [-0.25, -0.2) is 0 Å². The topological polar surface area (TPSA) is 21.3 Å². The van der Waals surface area contributed by atoms with E-state index in [1.165, 1.54) is 15.6 Å². The number of rotatable bonds is 8. The van der Waals surface area contributed by atoms with Gasteiger partial charge in [-0.15, -0.1) is 11.3 Å². The lowest BCUT2D eigenvalue weighted by atomic mass is 9.92. The highest BCUT2D eigenvalue weighted by molar-refractivity contribution is 7.17. The number of hydrogen-bond donors (Lipinski definition) is 1. The number of fused-ring (bicyclic) bond motifs is 1. The number of nitrogens with one attached hydrogen (secondary N) is 1. The maximum absolute atomic E-state index is 6.08. The van der Waals surface area contributed by atoms with Crippen molar-refractivity contribution in [2.45, 2.75) is 46.3 Å². The summed E-state index contributed by atoms with van der Waals surface area (Å²) in [6.07, 6.45) is 1.34. The van der Waals surface area contributed by atoms with Gasteiger partial charge in [0.1, 0.15) is 0 Å². The fraction of sp³-hybridized carbons (Fsp3) is 0.556. The molecule has 0 saturated heterocycles. The Labute approximate surface area is 132 Å². The van der Waals surface area contributed by atoms with Crippen molar-refractivity contribution in [2.24, 2.45) is 5.92 Å². The number of ether oxygens (including phenoxy) is 1. The summed E-state index contributed by atoms with van der Waals surface area (Å²) >= 11 is 1.83. The molecule has 21 heavy (non-hydrogen) atoms. The van der Waals surface area contributed by atoms with E-state index in [4.69, 9.17) is 4.74 Å². The van der Waals surface area contributed by atoms with Gasteiger partial charge < -0.3 is 10.1 Å². The molecule has 0 aliphatic heterocycles. The fourth-order valence-corrected chi connectivity index (χ4v) is 3.78. The van der Waals surface area contributed by atoms with E-state index < -0.39 is 0 Å². The summed E-state index contributed by atoms with van der Waals surface area (Å²) < 4.78 is 7.47. The third kappa shape index (κ3) is 3.85. The summed E-state index contributed by atoms with van der Waals surface area (Å²) in [4.78, 5) is 0. The van der Waals surface area contributed by atoms with Crippen LogP contribution < -0.4 is 5.32 Å². The van der Waals surface area contributed by atoms with Crippen molar-refractivity contribution in [3.05, 3.63) is 35.2 Å². The lowest BCUT2D eigenvalue weighted by Crippen LogP contribution is -2.37. The predicted octanol–water partition coefficient (Wildman–Crippen LogP) is 5.00. The molecule has 1 aromatic heterocycles. The van der Waals surface area contributed by atoms with Crippen LogP contribution in [-0.4, -0.2) is 19.3 Å². The molecule has 0 amide bonds. The molecule has 2 nitrogen and oxygen atoms in total. The zero-order valence-electron chi connectivity index (χ0n) is 13.6. The summed E-state index contributed by atoms with van der Waals surface area (Å²) in [5.41, 5.74) is 1.38. The van der Waals surface area contributed by atoms with Gasteiger partial charge in [0.05, 0.1) is 12.1 Å². The molecule has 1 heterocycles. The molecule has 0 fully saturated rings. The van der Waals surface area contributed by atoms with E-state index in [-0.39, 0.29) is 12.1 Å². The molecular weight excluding hydrogens is 278 g/mol.